The van der Waals surface area contributed by atoms with Crippen LogP contribution in [0.25, 0.3) is 0 Å². The topological polar surface area (TPSA) is 37.8 Å². The maximum atomic E-state index is 5.83. The number of halogens is 1. The van der Waals surface area contributed by atoms with Crippen molar-refractivity contribution in [1.82, 2.24) is 9.97 Å². The van der Waals surface area contributed by atoms with Gasteiger partial charge in [-0.1, -0.05) is 23.8 Å². The molecule has 1 heterocycles. The van der Waals surface area contributed by atoms with E-state index in [0.717, 1.165) is 18.7 Å². The molecule has 0 atom stereocenters. The number of hydrogen-bond donors (Lipinski definition) is 1. The van der Waals surface area contributed by atoms with Crippen molar-refractivity contribution in [2.45, 2.75) is 25.8 Å². The molecule has 2 rings (SSSR count). The second-order valence-electron chi connectivity index (χ2n) is 3.41. The van der Waals surface area contributed by atoms with Crippen LogP contribution in [0.1, 0.15) is 18.7 Å². The fourth-order valence-corrected chi connectivity index (χ4v) is 1.78. The lowest BCUT2D eigenvalue weighted by Gasteiger charge is -2.12. The summed E-state index contributed by atoms with van der Waals surface area (Å²) in [5.41, 5.74) is 0. The van der Waals surface area contributed by atoms with Crippen molar-refractivity contribution >= 4 is 17.4 Å². The first-order valence-electron chi connectivity index (χ1n) is 4.67. The molecule has 74 valence electrons. The average Bonchev–Trinajstić information content (AvgIpc) is 2.54. The summed E-state index contributed by atoms with van der Waals surface area (Å²) in [5.74, 6) is 1.52. The highest BCUT2D eigenvalue weighted by Crippen LogP contribution is 2.17. The second-order valence-corrected chi connectivity index (χ2v) is 3.79. The van der Waals surface area contributed by atoms with Crippen molar-refractivity contribution in [3.05, 3.63) is 29.2 Å². The monoisotopic (exact) mass is 209 g/mol. The third-order valence-corrected chi connectivity index (χ3v) is 2.36. The fourth-order valence-electron chi connectivity index (χ4n) is 1.55. The molecule has 4 heteroatoms. The van der Waals surface area contributed by atoms with Crippen LogP contribution in [0.3, 0.4) is 0 Å². The van der Waals surface area contributed by atoms with Crippen molar-refractivity contribution in [3.63, 3.8) is 0 Å². The van der Waals surface area contributed by atoms with Crippen LogP contribution in [-0.2, 0) is 0 Å². The Morgan fingerprint density at radius 1 is 1.36 bits per heavy atom. The van der Waals surface area contributed by atoms with Gasteiger partial charge in [0.05, 0.1) is 0 Å². The van der Waals surface area contributed by atoms with Crippen LogP contribution in [0, 0.1) is 6.92 Å². The fraction of sp³-hybridized carbons (Fsp3) is 0.400. The van der Waals surface area contributed by atoms with E-state index in [4.69, 9.17) is 11.6 Å². The van der Waals surface area contributed by atoms with Gasteiger partial charge in [-0.2, -0.15) is 0 Å². The quantitative estimate of drug-likeness (QED) is 0.601. The Bertz CT molecular complexity index is 334. The van der Waals surface area contributed by atoms with Crippen molar-refractivity contribution in [2.24, 2.45) is 0 Å². The molecule has 0 saturated carbocycles. The Labute approximate surface area is 88.2 Å². The first kappa shape index (κ1) is 9.46. The van der Waals surface area contributed by atoms with Crippen LogP contribution >= 0.6 is 11.6 Å². The van der Waals surface area contributed by atoms with Crippen LogP contribution in [0.5, 0.6) is 0 Å². The summed E-state index contributed by atoms with van der Waals surface area (Å²) in [4.78, 5) is 8.27. The molecule has 3 nitrogen and oxygen atoms in total. The van der Waals surface area contributed by atoms with Gasteiger partial charge in [-0.25, -0.2) is 9.97 Å². The van der Waals surface area contributed by atoms with Crippen LogP contribution in [0.15, 0.2) is 18.2 Å². The molecule has 1 aromatic rings. The molecule has 0 aliphatic heterocycles. The maximum Gasteiger partial charge on any atom is 0.134 e. The van der Waals surface area contributed by atoms with E-state index in [1.807, 2.05) is 6.92 Å². The number of aryl methyl sites for hydroxylation is 1. The Morgan fingerprint density at radius 2 is 2.07 bits per heavy atom. The highest BCUT2D eigenvalue weighted by molar-refractivity contribution is 6.29. The zero-order valence-electron chi connectivity index (χ0n) is 8.00. The molecule has 14 heavy (non-hydrogen) atoms. The molecule has 0 spiro atoms. The van der Waals surface area contributed by atoms with Gasteiger partial charge in [-0.15, -0.1) is 0 Å². The molecule has 0 unspecified atom stereocenters. The smallest absolute Gasteiger partial charge is 0.134 e. The summed E-state index contributed by atoms with van der Waals surface area (Å²) in [5, 5.41) is 3.82. The van der Waals surface area contributed by atoms with Crippen molar-refractivity contribution in [3.8, 4) is 0 Å². The summed E-state index contributed by atoms with van der Waals surface area (Å²) in [6.45, 7) is 1.84. The van der Waals surface area contributed by atoms with Crippen molar-refractivity contribution in [2.75, 3.05) is 5.32 Å². The largest absolute Gasteiger partial charge is 0.367 e. The Morgan fingerprint density at radius 3 is 2.71 bits per heavy atom. The molecule has 0 saturated heterocycles. The number of anilines is 1. The van der Waals surface area contributed by atoms with Crippen LogP contribution < -0.4 is 5.32 Å². The van der Waals surface area contributed by atoms with Crippen LogP contribution in [-0.4, -0.2) is 16.0 Å². The number of hydrogen-bond acceptors (Lipinski definition) is 3. The average molecular weight is 210 g/mol. The minimum Gasteiger partial charge on any atom is -0.367 e. The van der Waals surface area contributed by atoms with E-state index >= 15 is 0 Å². The molecule has 0 fully saturated rings. The third-order valence-electron chi connectivity index (χ3n) is 2.17. The molecule has 0 aromatic carbocycles. The zero-order chi connectivity index (χ0) is 9.97. The lowest BCUT2D eigenvalue weighted by atomic mass is 10.2. The maximum absolute atomic E-state index is 5.83. The number of rotatable bonds is 2. The molecular formula is C10H12ClN3. The SMILES string of the molecule is Cc1nc(Cl)cc(NC2CC=CC2)n1. The zero-order valence-corrected chi connectivity index (χ0v) is 8.75. The predicted molar refractivity (Wildman–Crippen MR) is 57.6 cm³/mol. The van der Waals surface area contributed by atoms with E-state index in [0.29, 0.717) is 17.0 Å². The Kier molecular flexibility index (Phi) is 2.68. The number of aromatic nitrogens is 2. The summed E-state index contributed by atoms with van der Waals surface area (Å²) in [6.07, 6.45) is 6.46. The van der Waals surface area contributed by atoms with Gasteiger partial charge in [-0.3, -0.25) is 0 Å². The van der Waals surface area contributed by atoms with Gasteiger partial charge >= 0.3 is 0 Å². The molecular weight excluding hydrogens is 198 g/mol. The summed E-state index contributed by atoms with van der Waals surface area (Å²) in [6, 6.07) is 2.22. The van der Waals surface area contributed by atoms with Gasteiger partial charge in [-0.05, 0) is 19.8 Å². The summed E-state index contributed by atoms with van der Waals surface area (Å²) in [7, 11) is 0. The minimum absolute atomic E-state index is 0.459. The lowest BCUT2D eigenvalue weighted by Crippen LogP contribution is -2.16. The van der Waals surface area contributed by atoms with E-state index < -0.39 is 0 Å². The molecule has 0 amide bonds. The standard InChI is InChI=1S/C10H12ClN3/c1-7-12-9(11)6-10(13-7)14-8-4-2-3-5-8/h2-3,6,8H,4-5H2,1H3,(H,12,13,14). The minimum atomic E-state index is 0.459. The van der Waals surface area contributed by atoms with Gasteiger partial charge in [0.25, 0.3) is 0 Å². The van der Waals surface area contributed by atoms with E-state index in [1.165, 1.54) is 0 Å². The van der Waals surface area contributed by atoms with Gasteiger partial charge in [0.15, 0.2) is 0 Å². The highest BCUT2D eigenvalue weighted by atomic mass is 35.5. The van der Waals surface area contributed by atoms with E-state index in [1.54, 1.807) is 6.07 Å². The Balaban J connectivity index is 2.08. The van der Waals surface area contributed by atoms with Gasteiger partial charge < -0.3 is 5.32 Å². The van der Waals surface area contributed by atoms with Gasteiger partial charge in [0, 0.05) is 12.1 Å². The van der Waals surface area contributed by atoms with Gasteiger partial charge in [0.2, 0.25) is 0 Å². The molecule has 1 aliphatic carbocycles. The first-order chi connectivity index (χ1) is 6.74. The Hall–Kier alpha value is -1.09. The van der Waals surface area contributed by atoms with E-state index in [-0.39, 0.29) is 0 Å². The van der Waals surface area contributed by atoms with E-state index in [9.17, 15) is 0 Å². The molecule has 0 radical (unpaired) electrons. The first-order valence-corrected chi connectivity index (χ1v) is 5.04. The summed E-state index contributed by atoms with van der Waals surface area (Å²) >= 11 is 5.83. The van der Waals surface area contributed by atoms with Crippen LogP contribution in [0.2, 0.25) is 5.15 Å². The molecule has 0 bridgehead atoms. The molecule has 1 aliphatic rings. The third kappa shape index (κ3) is 2.23. The van der Waals surface area contributed by atoms with Crippen molar-refractivity contribution < 1.29 is 0 Å². The highest BCUT2D eigenvalue weighted by Gasteiger charge is 2.10. The number of nitrogens with zero attached hydrogens (tertiary/aromatic N) is 2. The van der Waals surface area contributed by atoms with Gasteiger partial charge in [0.1, 0.15) is 16.8 Å². The molecule has 1 aromatic heterocycles. The lowest BCUT2D eigenvalue weighted by molar-refractivity contribution is 0.778. The second kappa shape index (κ2) is 3.96. The summed E-state index contributed by atoms with van der Waals surface area (Å²) < 4.78 is 0. The number of nitrogens with one attached hydrogen (secondary N) is 1. The molecule has 1 N–H and O–H groups in total. The normalized spacial score (nSPS) is 16.1. The van der Waals surface area contributed by atoms with Crippen molar-refractivity contribution in [1.29, 1.82) is 0 Å². The predicted octanol–water partition coefficient (Wildman–Crippen LogP) is 2.57. The van der Waals surface area contributed by atoms with Crippen LogP contribution in [0.4, 0.5) is 5.82 Å². The van der Waals surface area contributed by atoms with E-state index in [2.05, 4.69) is 27.4 Å².